The molecule has 64 valence electrons. The number of aliphatic hydroxyl groups is 1. The molecular formula is C10H18O. The molecule has 0 amide bonds. The van der Waals surface area contributed by atoms with Crippen LogP contribution in [0.3, 0.4) is 0 Å². The Hall–Kier alpha value is -0.480. The molecule has 0 aromatic carbocycles. The summed E-state index contributed by atoms with van der Waals surface area (Å²) in [7, 11) is 0. The van der Waals surface area contributed by atoms with E-state index < -0.39 is 0 Å². The Bertz CT molecular complexity index is 140. The molecule has 0 aliphatic rings. The molecule has 1 N–H and O–H groups in total. The average Bonchev–Trinajstić information content (AvgIpc) is 1.87. The Balaban J connectivity index is 3.96. The molecule has 0 heterocycles. The normalized spacial score (nSPS) is 15.5. The Kier molecular flexibility index (Phi) is 4.98. The number of hydrogen-bond donors (Lipinski definition) is 1. The van der Waals surface area contributed by atoms with Crippen LogP contribution in [0, 0.1) is 23.7 Å². The summed E-state index contributed by atoms with van der Waals surface area (Å²) in [5.41, 5.74) is 0. The minimum absolute atomic E-state index is 0.240. The lowest BCUT2D eigenvalue weighted by molar-refractivity contribution is 0.101. The van der Waals surface area contributed by atoms with E-state index in [-0.39, 0.29) is 6.10 Å². The fourth-order valence-electron chi connectivity index (χ4n) is 1.18. The van der Waals surface area contributed by atoms with E-state index in [0.29, 0.717) is 11.8 Å². The van der Waals surface area contributed by atoms with Crippen molar-refractivity contribution in [3.63, 3.8) is 0 Å². The van der Waals surface area contributed by atoms with E-state index in [2.05, 4.69) is 25.7 Å². The van der Waals surface area contributed by atoms with Crippen LogP contribution in [0.15, 0.2) is 0 Å². The highest BCUT2D eigenvalue weighted by Gasteiger charge is 2.17. The van der Waals surface area contributed by atoms with Crippen LogP contribution in [0.2, 0.25) is 0 Å². The zero-order valence-corrected chi connectivity index (χ0v) is 7.89. The lowest BCUT2D eigenvalue weighted by atomic mass is 9.88. The summed E-state index contributed by atoms with van der Waals surface area (Å²) >= 11 is 0. The third-order valence-corrected chi connectivity index (χ3v) is 1.99. The quantitative estimate of drug-likeness (QED) is 0.617. The van der Waals surface area contributed by atoms with Crippen molar-refractivity contribution in [3.8, 4) is 11.8 Å². The molecule has 1 nitrogen and oxygen atoms in total. The van der Waals surface area contributed by atoms with E-state index in [1.165, 1.54) is 0 Å². The summed E-state index contributed by atoms with van der Waals surface area (Å²) in [6.07, 6.45) is 0.571. The van der Waals surface area contributed by atoms with Crippen LogP contribution in [0.5, 0.6) is 0 Å². The van der Waals surface area contributed by atoms with Crippen LogP contribution in [-0.2, 0) is 0 Å². The monoisotopic (exact) mass is 154 g/mol. The molecule has 0 aromatic rings. The molecule has 2 atom stereocenters. The molecule has 11 heavy (non-hydrogen) atoms. The number of rotatable bonds is 3. The fourth-order valence-corrected chi connectivity index (χ4v) is 1.18. The van der Waals surface area contributed by atoms with Gasteiger partial charge >= 0.3 is 0 Å². The second kappa shape index (κ2) is 5.21. The second-order valence-electron chi connectivity index (χ2n) is 3.28. The van der Waals surface area contributed by atoms with Gasteiger partial charge in [0.1, 0.15) is 0 Å². The van der Waals surface area contributed by atoms with Crippen molar-refractivity contribution < 1.29 is 5.11 Å². The summed E-state index contributed by atoms with van der Waals surface area (Å²) in [4.78, 5) is 0. The lowest BCUT2D eigenvalue weighted by Gasteiger charge is -2.20. The maximum absolute atomic E-state index is 9.34. The molecule has 1 heteroatoms. The van der Waals surface area contributed by atoms with Gasteiger partial charge < -0.3 is 5.11 Å². The van der Waals surface area contributed by atoms with E-state index in [9.17, 15) is 5.11 Å². The highest BCUT2D eigenvalue weighted by molar-refractivity contribution is 4.97. The second-order valence-corrected chi connectivity index (χ2v) is 3.28. The van der Waals surface area contributed by atoms with Gasteiger partial charge in [-0.3, -0.25) is 0 Å². The van der Waals surface area contributed by atoms with Crippen LogP contribution in [0.25, 0.3) is 0 Å². The molecule has 0 radical (unpaired) electrons. The van der Waals surface area contributed by atoms with Gasteiger partial charge in [0.25, 0.3) is 0 Å². The molecule has 0 aliphatic carbocycles. The SMILES string of the molecule is CC#CCC(C(C)C)C(C)O. The predicted molar refractivity (Wildman–Crippen MR) is 48.1 cm³/mol. The van der Waals surface area contributed by atoms with Crippen molar-refractivity contribution in [1.82, 2.24) is 0 Å². The molecule has 0 bridgehead atoms. The highest BCUT2D eigenvalue weighted by Crippen LogP contribution is 2.18. The first-order chi connectivity index (χ1) is 5.09. The van der Waals surface area contributed by atoms with Crippen molar-refractivity contribution in [1.29, 1.82) is 0 Å². The van der Waals surface area contributed by atoms with Crippen molar-refractivity contribution >= 4 is 0 Å². The minimum atomic E-state index is -0.240. The van der Waals surface area contributed by atoms with Gasteiger partial charge in [-0.1, -0.05) is 13.8 Å². The number of hydrogen-bond acceptors (Lipinski definition) is 1. The number of aliphatic hydroxyl groups excluding tert-OH is 1. The summed E-state index contributed by atoms with van der Waals surface area (Å²) < 4.78 is 0. The topological polar surface area (TPSA) is 20.2 Å². The van der Waals surface area contributed by atoms with Crippen molar-refractivity contribution in [2.75, 3.05) is 0 Å². The fraction of sp³-hybridized carbons (Fsp3) is 0.800. The van der Waals surface area contributed by atoms with Gasteiger partial charge in [0.2, 0.25) is 0 Å². The summed E-state index contributed by atoms with van der Waals surface area (Å²) in [6, 6.07) is 0. The molecule has 0 aromatic heterocycles. The zero-order chi connectivity index (χ0) is 8.85. The Labute approximate surface area is 69.8 Å². The Morgan fingerprint density at radius 2 is 1.82 bits per heavy atom. The molecule has 0 saturated carbocycles. The molecule has 0 saturated heterocycles. The third kappa shape index (κ3) is 4.06. The van der Waals surface area contributed by atoms with E-state index in [1.807, 2.05) is 13.8 Å². The van der Waals surface area contributed by atoms with Crippen molar-refractivity contribution in [2.24, 2.45) is 11.8 Å². The summed E-state index contributed by atoms with van der Waals surface area (Å²) in [5, 5.41) is 9.34. The summed E-state index contributed by atoms with van der Waals surface area (Å²) in [5.74, 6) is 6.68. The molecule has 0 rings (SSSR count). The minimum Gasteiger partial charge on any atom is -0.393 e. The highest BCUT2D eigenvalue weighted by atomic mass is 16.3. The van der Waals surface area contributed by atoms with Gasteiger partial charge in [-0.2, -0.15) is 0 Å². The maximum Gasteiger partial charge on any atom is 0.0551 e. The first-order valence-corrected chi connectivity index (χ1v) is 4.17. The van der Waals surface area contributed by atoms with Gasteiger partial charge in [0.05, 0.1) is 6.10 Å². The maximum atomic E-state index is 9.34. The van der Waals surface area contributed by atoms with Gasteiger partial charge in [0, 0.05) is 6.42 Å². The summed E-state index contributed by atoms with van der Waals surface area (Å²) in [6.45, 7) is 7.91. The van der Waals surface area contributed by atoms with Crippen molar-refractivity contribution in [3.05, 3.63) is 0 Å². The zero-order valence-electron chi connectivity index (χ0n) is 7.89. The molecule has 2 unspecified atom stereocenters. The van der Waals surface area contributed by atoms with E-state index in [1.54, 1.807) is 0 Å². The van der Waals surface area contributed by atoms with E-state index >= 15 is 0 Å². The largest absolute Gasteiger partial charge is 0.393 e. The van der Waals surface area contributed by atoms with Crippen LogP contribution in [0.4, 0.5) is 0 Å². The van der Waals surface area contributed by atoms with E-state index in [4.69, 9.17) is 0 Å². The molecule has 0 fully saturated rings. The van der Waals surface area contributed by atoms with Crippen LogP contribution in [0.1, 0.15) is 34.1 Å². The van der Waals surface area contributed by atoms with Crippen LogP contribution >= 0.6 is 0 Å². The smallest absolute Gasteiger partial charge is 0.0551 e. The third-order valence-electron chi connectivity index (χ3n) is 1.99. The lowest BCUT2D eigenvalue weighted by Crippen LogP contribution is -2.21. The van der Waals surface area contributed by atoms with E-state index in [0.717, 1.165) is 6.42 Å². The van der Waals surface area contributed by atoms with Gasteiger partial charge in [-0.05, 0) is 25.7 Å². The van der Waals surface area contributed by atoms with Crippen molar-refractivity contribution in [2.45, 2.75) is 40.2 Å². The standard InChI is InChI=1S/C10H18O/c1-5-6-7-10(8(2)3)9(4)11/h8-11H,7H2,1-4H3. The van der Waals surface area contributed by atoms with Gasteiger partial charge in [0.15, 0.2) is 0 Å². The van der Waals surface area contributed by atoms with Gasteiger partial charge in [-0.25, -0.2) is 0 Å². The van der Waals surface area contributed by atoms with Crippen LogP contribution in [-0.4, -0.2) is 11.2 Å². The Morgan fingerprint density at radius 3 is 2.09 bits per heavy atom. The molecule has 0 spiro atoms. The molecular weight excluding hydrogens is 136 g/mol. The first kappa shape index (κ1) is 10.5. The molecule has 0 aliphatic heterocycles. The van der Waals surface area contributed by atoms with Gasteiger partial charge in [-0.15, -0.1) is 11.8 Å². The Morgan fingerprint density at radius 1 is 1.27 bits per heavy atom. The predicted octanol–water partition coefficient (Wildman–Crippen LogP) is 2.05. The average molecular weight is 154 g/mol. The first-order valence-electron chi connectivity index (χ1n) is 4.17. The van der Waals surface area contributed by atoms with Crippen LogP contribution < -0.4 is 0 Å².